The van der Waals surface area contributed by atoms with Gasteiger partial charge in [-0.2, -0.15) is 0 Å². The Balaban J connectivity index is 1.47. The van der Waals surface area contributed by atoms with Gasteiger partial charge in [0.05, 0.1) is 18.6 Å². The van der Waals surface area contributed by atoms with Gasteiger partial charge in [0.2, 0.25) is 11.9 Å². The zero-order valence-electron chi connectivity index (χ0n) is 16.5. The second-order valence-electron chi connectivity index (χ2n) is 7.32. The van der Waals surface area contributed by atoms with E-state index in [2.05, 4.69) is 31.9 Å². The SMILES string of the molecule is CC1CCN(c2nnc(SCC(=O)Nc3ccccc3)n2Cc2ccco2)CC1. The standard InChI is InChI=1S/C21H25N5O2S/c1-16-9-11-25(12-10-16)20-23-24-21(26(20)14-18-8-5-13-28-18)29-15-19(27)22-17-6-3-2-4-7-17/h2-8,13,16H,9-12,14-15H2,1H3,(H,22,27). The van der Waals surface area contributed by atoms with E-state index in [1.165, 1.54) is 11.8 Å². The number of nitrogens with zero attached hydrogens (tertiary/aromatic N) is 4. The molecule has 1 amide bonds. The summed E-state index contributed by atoms with van der Waals surface area (Å²) >= 11 is 1.39. The molecule has 0 spiro atoms. The van der Waals surface area contributed by atoms with Gasteiger partial charge in [0, 0.05) is 18.8 Å². The van der Waals surface area contributed by atoms with Crippen molar-refractivity contribution in [1.82, 2.24) is 14.8 Å². The van der Waals surface area contributed by atoms with E-state index in [-0.39, 0.29) is 11.7 Å². The van der Waals surface area contributed by atoms with Gasteiger partial charge >= 0.3 is 0 Å². The molecule has 1 fully saturated rings. The predicted molar refractivity (Wildman–Crippen MR) is 114 cm³/mol. The highest BCUT2D eigenvalue weighted by atomic mass is 32.2. The molecule has 3 aromatic rings. The van der Waals surface area contributed by atoms with Crippen LogP contribution in [0.25, 0.3) is 0 Å². The largest absolute Gasteiger partial charge is 0.467 e. The summed E-state index contributed by atoms with van der Waals surface area (Å²) < 4.78 is 7.59. The minimum Gasteiger partial charge on any atom is -0.467 e. The van der Waals surface area contributed by atoms with Gasteiger partial charge < -0.3 is 14.6 Å². The van der Waals surface area contributed by atoms with Crippen molar-refractivity contribution in [3.8, 4) is 0 Å². The second kappa shape index (κ2) is 9.17. The number of carbonyl (C=O) groups excluding carboxylic acids is 1. The van der Waals surface area contributed by atoms with Crippen molar-refractivity contribution in [2.45, 2.75) is 31.5 Å². The van der Waals surface area contributed by atoms with Gasteiger partial charge in [-0.25, -0.2) is 0 Å². The average Bonchev–Trinajstić information content (AvgIpc) is 3.38. The van der Waals surface area contributed by atoms with Crippen LogP contribution in [0.4, 0.5) is 11.6 Å². The third-order valence-corrected chi connectivity index (χ3v) is 6.01. The topological polar surface area (TPSA) is 76.2 Å². The fourth-order valence-corrected chi connectivity index (χ4v) is 4.11. The number of thioether (sulfide) groups is 1. The average molecular weight is 412 g/mol. The van der Waals surface area contributed by atoms with Crippen molar-refractivity contribution in [3.63, 3.8) is 0 Å². The third kappa shape index (κ3) is 5.00. The van der Waals surface area contributed by atoms with Crippen LogP contribution in [0, 0.1) is 5.92 Å². The Morgan fingerprint density at radius 3 is 2.69 bits per heavy atom. The second-order valence-corrected chi connectivity index (χ2v) is 8.26. The van der Waals surface area contributed by atoms with Crippen molar-refractivity contribution in [2.75, 3.05) is 29.1 Å². The minimum absolute atomic E-state index is 0.0675. The minimum atomic E-state index is -0.0675. The summed E-state index contributed by atoms with van der Waals surface area (Å²) in [6, 6.07) is 13.3. The highest BCUT2D eigenvalue weighted by Gasteiger charge is 2.23. The number of aromatic nitrogens is 3. The Labute approximate surface area is 174 Å². The van der Waals surface area contributed by atoms with E-state index in [1.807, 2.05) is 42.5 Å². The Morgan fingerprint density at radius 2 is 1.97 bits per heavy atom. The highest BCUT2D eigenvalue weighted by molar-refractivity contribution is 7.99. The van der Waals surface area contributed by atoms with E-state index in [9.17, 15) is 4.79 Å². The normalized spacial score (nSPS) is 14.9. The molecular weight excluding hydrogens is 386 g/mol. The lowest BCUT2D eigenvalue weighted by molar-refractivity contribution is -0.113. The van der Waals surface area contributed by atoms with Gasteiger partial charge in [-0.3, -0.25) is 9.36 Å². The van der Waals surface area contributed by atoms with E-state index < -0.39 is 0 Å². The molecule has 0 unspecified atom stereocenters. The van der Waals surface area contributed by atoms with Crippen LogP contribution in [0.3, 0.4) is 0 Å². The molecule has 8 heteroatoms. The summed E-state index contributed by atoms with van der Waals surface area (Å²) in [6.45, 7) is 4.77. The molecular formula is C21H25N5O2S. The van der Waals surface area contributed by atoms with Gasteiger partial charge in [0.15, 0.2) is 5.16 Å². The molecule has 4 rings (SSSR count). The maximum atomic E-state index is 12.3. The quantitative estimate of drug-likeness (QED) is 0.595. The number of hydrogen-bond donors (Lipinski definition) is 1. The van der Waals surface area contributed by atoms with Crippen molar-refractivity contribution in [3.05, 3.63) is 54.5 Å². The van der Waals surface area contributed by atoms with Gasteiger partial charge in [-0.05, 0) is 43.0 Å². The van der Waals surface area contributed by atoms with E-state index in [1.54, 1.807) is 6.26 Å². The van der Waals surface area contributed by atoms with Gasteiger partial charge in [0.25, 0.3) is 0 Å². The number of furan rings is 1. The maximum Gasteiger partial charge on any atom is 0.234 e. The summed E-state index contributed by atoms with van der Waals surface area (Å²) in [4.78, 5) is 14.6. The molecule has 0 saturated carbocycles. The summed E-state index contributed by atoms with van der Waals surface area (Å²) in [5.74, 6) is 2.62. The number of amides is 1. The van der Waals surface area contributed by atoms with E-state index in [0.717, 1.165) is 54.4 Å². The lowest BCUT2D eigenvalue weighted by Gasteiger charge is -2.31. The van der Waals surface area contributed by atoms with Crippen molar-refractivity contribution >= 4 is 29.3 Å². The Morgan fingerprint density at radius 1 is 1.17 bits per heavy atom. The van der Waals surface area contributed by atoms with Crippen LogP contribution < -0.4 is 10.2 Å². The third-order valence-electron chi connectivity index (χ3n) is 5.05. The fourth-order valence-electron chi connectivity index (χ4n) is 3.38. The van der Waals surface area contributed by atoms with Crippen LogP contribution in [-0.4, -0.2) is 39.5 Å². The van der Waals surface area contributed by atoms with Crippen LogP contribution >= 0.6 is 11.8 Å². The van der Waals surface area contributed by atoms with Crippen LogP contribution in [0.1, 0.15) is 25.5 Å². The number of hydrogen-bond acceptors (Lipinski definition) is 6. The number of para-hydroxylation sites is 1. The molecule has 1 aliphatic rings. The zero-order valence-corrected chi connectivity index (χ0v) is 17.3. The van der Waals surface area contributed by atoms with Gasteiger partial charge in [-0.15, -0.1) is 10.2 Å². The first kappa shape index (κ1) is 19.6. The van der Waals surface area contributed by atoms with Gasteiger partial charge in [0.1, 0.15) is 5.76 Å². The van der Waals surface area contributed by atoms with E-state index in [0.29, 0.717) is 6.54 Å². The molecule has 1 N–H and O–H groups in total. The molecule has 0 radical (unpaired) electrons. The first-order valence-electron chi connectivity index (χ1n) is 9.87. The Hall–Kier alpha value is -2.74. The number of piperidine rings is 1. The molecule has 1 aliphatic heterocycles. The van der Waals surface area contributed by atoms with Crippen LogP contribution in [0.2, 0.25) is 0 Å². The predicted octanol–water partition coefficient (Wildman–Crippen LogP) is 3.89. The number of carbonyl (C=O) groups is 1. The molecule has 152 valence electrons. The van der Waals surface area contributed by atoms with Crippen LogP contribution in [-0.2, 0) is 11.3 Å². The summed E-state index contributed by atoms with van der Waals surface area (Å²) in [5.41, 5.74) is 0.790. The summed E-state index contributed by atoms with van der Waals surface area (Å²) in [6.07, 6.45) is 3.97. The monoisotopic (exact) mass is 411 g/mol. The van der Waals surface area contributed by atoms with Crippen molar-refractivity contribution in [1.29, 1.82) is 0 Å². The molecule has 0 bridgehead atoms. The lowest BCUT2D eigenvalue weighted by atomic mass is 10.00. The van der Waals surface area contributed by atoms with Crippen molar-refractivity contribution < 1.29 is 9.21 Å². The van der Waals surface area contributed by atoms with Crippen molar-refractivity contribution in [2.24, 2.45) is 5.92 Å². The molecule has 2 aromatic heterocycles. The highest BCUT2D eigenvalue weighted by Crippen LogP contribution is 2.27. The lowest BCUT2D eigenvalue weighted by Crippen LogP contribution is -2.35. The molecule has 0 aliphatic carbocycles. The summed E-state index contributed by atoms with van der Waals surface area (Å²) in [5, 5.41) is 12.5. The van der Waals surface area contributed by atoms with E-state index >= 15 is 0 Å². The smallest absolute Gasteiger partial charge is 0.234 e. The fraction of sp³-hybridized carbons (Fsp3) is 0.381. The summed E-state index contributed by atoms with van der Waals surface area (Å²) in [7, 11) is 0. The number of nitrogens with one attached hydrogen (secondary N) is 1. The van der Waals surface area contributed by atoms with E-state index in [4.69, 9.17) is 4.42 Å². The first-order chi connectivity index (χ1) is 14.2. The first-order valence-corrected chi connectivity index (χ1v) is 10.9. The molecule has 0 atom stereocenters. The molecule has 29 heavy (non-hydrogen) atoms. The maximum absolute atomic E-state index is 12.3. The molecule has 3 heterocycles. The number of anilines is 2. The van der Waals surface area contributed by atoms with Crippen LogP contribution in [0.5, 0.6) is 0 Å². The number of rotatable bonds is 7. The Kier molecular flexibility index (Phi) is 6.19. The zero-order chi connectivity index (χ0) is 20.1. The Bertz CT molecular complexity index is 918. The number of benzene rings is 1. The molecule has 7 nitrogen and oxygen atoms in total. The van der Waals surface area contributed by atoms with Gasteiger partial charge in [-0.1, -0.05) is 36.9 Å². The molecule has 1 saturated heterocycles. The molecule has 1 aromatic carbocycles. The van der Waals surface area contributed by atoms with Crippen LogP contribution in [0.15, 0.2) is 58.3 Å².